The molecule has 76 valence electrons. The zero-order chi connectivity index (χ0) is 11.0. The van der Waals surface area contributed by atoms with Crippen LogP contribution in [0.15, 0.2) is 29.6 Å². The lowest BCUT2D eigenvalue weighted by molar-refractivity contribution is 1.10. The van der Waals surface area contributed by atoms with Crippen molar-refractivity contribution >= 4 is 28.1 Å². The third-order valence-electron chi connectivity index (χ3n) is 2.10. The van der Waals surface area contributed by atoms with E-state index in [0.717, 1.165) is 11.0 Å². The topological polar surface area (TPSA) is 45.8 Å². The first-order chi connectivity index (χ1) is 7.08. The van der Waals surface area contributed by atoms with Gasteiger partial charge in [0.25, 0.3) is 0 Å². The van der Waals surface area contributed by atoms with Gasteiger partial charge in [-0.1, -0.05) is 18.2 Å². The summed E-state index contributed by atoms with van der Waals surface area (Å²) in [6, 6.07) is 5.29. The van der Waals surface area contributed by atoms with E-state index in [0.29, 0.717) is 16.2 Å². The third kappa shape index (κ3) is 1.78. The fourth-order valence-corrected chi connectivity index (χ4v) is 1.63. The van der Waals surface area contributed by atoms with Gasteiger partial charge in [0.05, 0.1) is 11.2 Å². The van der Waals surface area contributed by atoms with Crippen molar-refractivity contribution in [3.05, 3.63) is 46.0 Å². The van der Waals surface area contributed by atoms with E-state index >= 15 is 0 Å². The lowest BCUT2D eigenvalue weighted by Gasteiger charge is -2.04. The predicted octanol–water partition coefficient (Wildman–Crippen LogP) is 2.61. The normalized spacial score (nSPS) is 10.5. The second-order valence-electron chi connectivity index (χ2n) is 3.36. The van der Waals surface area contributed by atoms with Crippen LogP contribution in [0.4, 0.5) is 0 Å². The maximum atomic E-state index is 11.3. The number of aromatic nitrogens is 2. The zero-order valence-electron chi connectivity index (χ0n) is 8.17. The molecule has 0 aliphatic heterocycles. The Morgan fingerprint density at radius 1 is 1.53 bits per heavy atom. The number of aromatic amines is 1. The van der Waals surface area contributed by atoms with E-state index in [9.17, 15) is 4.79 Å². The van der Waals surface area contributed by atoms with Gasteiger partial charge in [-0.05, 0) is 30.7 Å². The van der Waals surface area contributed by atoms with Crippen LogP contribution in [0.3, 0.4) is 0 Å². The highest BCUT2D eigenvalue weighted by Crippen LogP contribution is 2.21. The number of halogens is 1. The van der Waals surface area contributed by atoms with Gasteiger partial charge in [-0.15, -0.1) is 0 Å². The van der Waals surface area contributed by atoms with Gasteiger partial charge < -0.3 is 4.98 Å². The number of hydrogen-bond donors (Lipinski definition) is 1. The largest absolute Gasteiger partial charge is 0.345 e. The number of rotatable bonds is 1. The molecule has 0 amide bonds. The van der Waals surface area contributed by atoms with Crippen LogP contribution in [0.5, 0.6) is 0 Å². The zero-order valence-corrected chi connectivity index (χ0v) is 8.93. The Hall–Kier alpha value is -1.61. The van der Waals surface area contributed by atoms with Gasteiger partial charge in [0.15, 0.2) is 0 Å². The van der Waals surface area contributed by atoms with Gasteiger partial charge in [-0.2, -0.15) is 4.98 Å². The molecule has 0 aliphatic rings. The van der Waals surface area contributed by atoms with Crippen molar-refractivity contribution < 1.29 is 0 Å². The van der Waals surface area contributed by atoms with Crippen molar-refractivity contribution in [3.8, 4) is 0 Å². The predicted molar refractivity (Wildman–Crippen MR) is 62.1 cm³/mol. The Balaban J connectivity index is 2.92. The summed E-state index contributed by atoms with van der Waals surface area (Å²) < 4.78 is 0. The van der Waals surface area contributed by atoms with Crippen LogP contribution in [0, 0.1) is 0 Å². The van der Waals surface area contributed by atoms with Gasteiger partial charge in [0.2, 0.25) is 0 Å². The maximum absolute atomic E-state index is 11.3. The van der Waals surface area contributed by atoms with Crippen LogP contribution in [0.25, 0.3) is 16.5 Å². The van der Waals surface area contributed by atoms with Gasteiger partial charge in [0.1, 0.15) is 0 Å². The van der Waals surface area contributed by atoms with Crippen LogP contribution in [-0.4, -0.2) is 9.97 Å². The summed E-state index contributed by atoms with van der Waals surface area (Å²) in [4.78, 5) is 17.8. The molecule has 2 aromatic rings. The molecule has 0 saturated carbocycles. The summed E-state index contributed by atoms with van der Waals surface area (Å²) in [5.74, 6) is 0. The molecule has 0 atom stereocenters. The minimum Gasteiger partial charge on any atom is -0.305 e. The van der Waals surface area contributed by atoms with Crippen LogP contribution < -0.4 is 5.69 Å². The lowest BCUT2D eigenvalue weighted by atomic mass is 10.1. The standard InChI is InChI=1S/C11H9ClN2O/c1-6(2)10-8-4-3-7(12)5-9(8)13-11(15)14-10/h3-5H,1H2,2H3,(H,13,14,15). The van der Waals surface area contributed by atoms with Crippen molar-refractivity contribution in [2.75, 3.05) is 0 Å². The van der Waals surface area contributed by atoms with E-state index in [1.807, 2.05) is 13.0 Å². The number of allylic oxidation sites excluding steroid dienone is 1. The number of H-pyrrole nitrogens is 1. The minimum atomic E-state index is -0.386. The number of nitrogens with one attached hydrogen (secondary N) is 1. The van der Waals surface area contributed by atoms with Crippen molar-refractivity contribution in [1.29, 1.82) is 0 Å². The molecule has 1 N–H and O–H groups in total. The molecule has 0 saturated heterocycles. The summed E-state index contributed by atoms with van der Waals surface area (Å²) in [5, 5.41) is 1.43. The number of hydrogen-bond acceptors (Lipinski definition) is 2. The number of fused-ring (bicyclic) bond motifs is 1. The Morgan fingerprint density at radius 2 is 2.27 bits per heavy atom. The van der Waals surface area contributed by atoms with Gasteiger partial charge in [0, 0.05) is 10.4 Å². The van der Waals surface area contributed by atoms with E-state index in [1.165, 1.54) is 0 Å². The van der Waals surface area contributed by atoms with Gasteiger partial charge in [-0.25, -0.2) is 4.79 Å². The van der Waals surface area contributed by atoms with E-state index in [-0.39, 0.29) is 5.69 Å². The highest BCUT2D eigenvalue weighted by molar-refractivity contribution is 6.31. The average Bonchev–Trinajstić information content (AvgIpc) is 2.15. The first-order valence-corrected chi connectivity index (χ1v) is 4.81. The van der Waals surface area contributed by atoms with E-state index < -0.39 is 0 Å². The smallest absolute Gasteiger partial charge is 0.305 e. The Kier molecular flexibility index (Phi) is 2.32. The Bertz CT molecular complexity index is 601. The molecule has 15 heavy (non-hydrogen) atoms. The second-order valence-corrected chi connectivity index (χ2v) is 3.80. The molecule has 1 heterocycles. The van der Waals surface area contributed by atoms with Crippen LogP contribution in [0.2, 0.25) is 5.02 Å². The lowest BCUT2D eigenvalue weighted by Crippen LogP contribution is -2.12. The summed E-state index contributed by atoms with van der Waals surface area (Å²) in [6.45, 7) is 5.61. The summed E-state index contributed by atoms with van der Waals surface area (Å²) >= 11 is 5.84. The fourth-order valence-electron chi connectivity index (χ4n) is 1.46. The van der Waals surface area contributed by atoms with Gasteiger partial charge in [-0.3, -0.25) is 0 Å². The van der Waals surface area contributed by atoms with Gasteiger partial charge >= 0.3 is 5.69 Å². The van der Waals surface area contributed by atoms with Crippen molar-refractivity contribution in [2.45, 2.75) is 6.92 Å². The molecule has 0 spiro atoms. The first kappa shape index (κ1) is 9.93. The van der Waals surface area contributed by atoms with Crippen LogP contribution in [-0.2, 0) is 0 Å². The second kappa shape index (κ2) is 3.51. The molecule has 2 rings (SSSR count). The molecule has 0 aliphatic carbocycles. The van der Waals surface area contributed by atoms with E-state index in [1.54, 1.807) is 12.1 Å². The van der Waals surface area contributed by atoms with Crippen molar-refractivity contribution in [2.24, 2.45) is 0 Å². The highest BCUT2D eigenvalue weighted by atomic mass is 35.5. The molecule has 0 fully saturated rings. The molecular formula is C11H9ClN2O. The Labute approximate surface area is 91.4 Å². The number of nitrogens with zero attached hydrogens (tertiary/aromatic N) is 1. The highest BCUT2D eigenvalue weighted by Gasteiger charge is 2.05. The summed E-state index contributed by atoms with van der Waals surface area (Å²) in [6.07, 6.45) is 0. The Morgan fingerprint density at radius 3 is 2.93 bits per heavy atom. The molecule has 3 nitrogen and oxygen atoms in total. The molecule has 4 heteroatoms. The minimum absolute atomic E-state index is 0.386. The molecular weight excluding hydrogens is 212 g/mol. The van der Waals surface area contributed by atoms with Crippen molar-refractivity contribution in [3.63, 3.8) is 0 Å². The van der Waals surface area contributed by atoms with E-state index in [4.69, 9.17) is 11.6 Å². The summed E-state index contributed by atoms with van der Waals surface area (Å²) in [5.41, 5.74) is 1.67. The quantitative estimate of drug-likeness (QED) is 0.803. The third-order valence-corrected chi connectivity index (χ3v) is 2.33. The van der Waals surface area contributed by atoms with E-state index in [2.05, 4.69) is 16.5 Å². The van der Waals surface area contributed by atoms with Crippen molar-refractivity contribution in [1.82, 2.24) is 9.97 Å². The SMILES string of the molecule is C=C(C)c1nc(=O)[nH]c2cc(Cl)ccc12. The molecule has 1 aromatic heterocycles. The summed E-state index contributed by atoms with van der Waals surface area (Å²) in [7, 11) is 0. The molecule has 1 aromatic carbocycles. The molecule has 0 bridgehead atoms. The fraction of sp³-hybridized carbons (Fsp3) is 0.0909. The number of benzene rings is 1. The molecule has 0 unspecified atom stereocenters. The molecule has 0 radical (unpaired) electrons. The first-order valence-electron chi connectivity index (χ1n) is 4.43. The average molecular weight is 221 g/mol. The maximum Gasteiger partial charge on any atom is 0.345 e. The monoisotopic (exact) mass is 220 g/mol. The van der Waals surface area contributed by atoms with Crippen LogP contribution in [0.1, 0.15) is 12.6 Å². The van der Waals surface area contributed by atoms with Crippen LogP contribution >= 0.6 is 11.6 Å².